The van der Waals surface area contributed by atoms with Gasteiger partial charge in [0.15, 0.2) is 0 Å². The lowest BCUT2D eigenvalue weighted by molar-refractivity contribution is -0.126. The standard InChI is InChI=1S/C15H24N4O/c1-2-3-13-17-8-9-19(13)10-15(14(16)20,11-4-5-11)18-12-6-7-12/h8-9,11-12,18H,2-7,10H2,1H3,(H2,16,20). The van der Waals surface area contributed by atoms with Gasteiger partial charge in [-0.15, -0.1) is 0 Å². The van der Waals surface area contributed by atoms with Crippen molar-refractivity contribution in [2.75, 3.05) is 0 Å². The second-order valence-corrected chi connectivity index (χ2v) is 6.25. The number of nitrogens with two attached hydrogens (primary N) is 1. The number of rotatable bonds is 8. The molecule has 1 aromatic rings. The molecule has 1 aromatic heterocycles. The maximum Gasteiger partial charge on any atom is 0.239 e. The molecule has 5 nitrogen and oxygen atoms in total. The summed E-state index contributed by atoms with van der Waals surface area (Å²) in [6.45, 7) is 2.77. The number of nitrogens with zero attached hydrogens (tertiary/aromatic N) is 2. The molecule has 110 valence electrons. The number of carbonyl (C=O) groups excluding carboxylic acids is 1. The van der Waals surface area contributed by atoms with Crippen LogP contribution in [-0.4, -0.2) is 27.0 Å². The minimum absolute atomic E-state index is 0.206. The first-order chi connectivity index (χ1) is 9.65. The molecule has 0 saturated heterocycles. The van der Waals surface area contributed by atoms with Crippen LogP contribution in [0.1, 0.15) is 44.9 Å². The van der Waals surface area contributed by atoms with Gasteiger partial charge in [0, 0.05) is 24.9 Å². The third kappa shape index (κ3) is 2.59. The molecular formula is C15H24N4O. The second kappa shape index (κ2) is 5.20. The van der Waals surface area contributed by atoms with Crippen molar-refractivity contribution in [1.82, 2.24) is 14.9 Å². The first-order valence-electron chi connectivity index (χ1n) is 7.73. The third-order valence-corrected chi connectivity index (χ3v) is 4.45. The molecule has 1 unspecified atom stereocenters. The van der Waals surface area contributed by atoms with Crippen LogP contribution >= 0.6 is 0 Å². The highest BCUT2D eigenvalue weighted by molar-refractivity contribution is 5.85. The summed E-state index contributed by atoms with van der Waals surface area (Å²) in [5.41, 5.74) is 5.22. The Kier molecular flexibility index (Phi) is 3.54. The molecule has 0 radical (unpaired) electrons. The average molecular weight is 276 g/mol. The van der Waals surface area contributed by atoms with Crippen molar-refractivity contribution < 1.29 is 4.79 Å². The maximum atomic E-state index is 12.2. The van der Waals surface area contributed by atoms with Gasteiger partial charge in [0.1, 0.15) is 11.4 Å². The number of primary amides is 1. The van der Waals surface area contributed by atoms with Gasteiger partial charge < -0.3 is 10.3 Å². The number of aromatic nitrogens is 2. The zero-order valence-corrected chi connectivity index (χ0v) is 12.1. The van der Waals surface area contributed by atoms with Crippen molar-refractivity contribution in [2.24, 2.45) is 11.7 Å². The van der Waals surface area contributed by atoms with Crippen LogP contribution in [-0.2, 0) is 17.8 Å². The molecule has 3 rings (SSSR count). The number of hydrogen-bond donors (Lipinski definition) is 2. The molecule has 2 saturated carbocycles. The van der Waals surface area contributed by atoms with Gasteiger partial charge in [-0.2, -0.15) is 0 Å². The van der Waals surface area contributed by atoms with Crippen LogP contribution in [0.5, 0.6) is 0 Å². The molecule has 2 aliphatic carbocycles. The third-order valence-electron chi connectivity index (χ3n) is 4.45. The quantitative estimate of drug-likeness (QED) is 0.750. The molecule has 2 fully saturated rings. The number of carbonyl (C=O) groups is 1. The predicted octanol–water partition coefficient (Wildman–Crippen LogP) is 1.22. The second-order valence-electron chi connectivity index (χ2n) is 6.25. The summed E-state index contributed by atoms with van der Waals surface area (Å²) in [6.07, 6.45) is 10.3. The van der Waals surface area contributed by atoms with Crippen LogP contribution in [0.4, 0.5) is 0 Å². The van der Waals surface area contributed by atoms with E-state index in [4.69, 9.17) is 5.73 Å². The van der Waals surface area contributed by atoms with Gasteiger partial charge in [-0.05, 0) is 38.0 Å². The normalized spacial score (nSPS) is 21.6. The molecule has 0 bridgehead atoms. The highest BCUT2D eigenvalue weighted by atomic mass is 16.1. The van der Waals surface area contributed by atoms with Gasteiger partial charge in [0.05, 0.1) is 6.54 Å². The molecule has 1 heterocycles. The lowest BCUT2D eigenvalue weighted by atomic mass is 9.91. The molecule has 1 amide bonds. The summed E-state index contributed by atoms with van der Waals surface area (Å²) >= 11 is 0. The van der Waals surface area contributed by atoms with E-state index in [0.717, 1.165) is 44.3 Å². The van der Waals surface area contributed by atoms with Crippen molar-refractivity contribution in [2.45, 2.75) is 63.6 Å². The van der Waals surface area contributed by atoms with Crippen molar-refractivity contribution in [3.8, 4) is 0 Å². The lowest BCUT2D eigenvalue weighted by Crippen LogP contribution is -2.60. The molecule has 1 atom stereocenters. The Morgan fingerprint density at radius 2 is 2.25 bits per heavy atom. The van der Waals surface area contributed by atoms with Crippen molar-refractivity contribution in [3.05, 3.63) is 18.2 Å². The Morgan fingerprint density at radius 1 is 1.50 bits per heavy atom. The van der Waals surface area contributed by atoms with Crippen molar-refractivity contribution >= 4 is 5.91 Å². The highest BCUT2D eigenvalue weighted by Crippen LogP contribution is 2.42. The Balaban J connectivity index is 1.84. The SMILES string of the molecule is CCCc1nccn1CC(NC1CC1)(C(N)=O)C1CC1. The molecule has 5 heteroatoms. The van der Waals surface area contributed by atoms with Gasteiger partial charge in [-0.25, -0.2) is 4.98 Å². The summed E-state index contributed by atoms with van der Waals surface area (Å²) < 4.78 is 2.11. The fraction of sp³-hybridized carbons (Fsp3) is 0.733. The zero-order valence-electron chi connectivity index (χ0n) is 12.1. The summed E-state index contributed by atoms with van der Waals surface area (Å²) in [5, 5.41) is 3.55. The van der Waals surface area contributed by atoms with E-state index in [1.165, 1.54) is 0 Å². The van der Waals surface area contributed by atoms with E-state index in [0.29, 0.717) is 18.5 Å². The van der Waals surface area contributed by atoms with E-state index in [-0.39, 0.29) is 5.91 Å². The van der Waals surface area contributed by atoms with Gasteiger partial charge in [-0.1, -0.05) is 6.92 Å². The first-order valence-corrected chi connectivity index (χ1v) is 7.73. The van der Waals surface area contributed by atoms with Gasteiger partial charge in [-0.3, -0.25) is 10.1 Å². The molecule has 0 aromatic carbocycles. The van der Waals surface area contributed by atoms with E-state index < -0.39 is 5.54 Å². The van der Waals surface area contributed by atoms with E-state index >= 15 is 0 Å². The summed E-state index contributed by atoms with van der Waals surface area (Å²) in [6, 6.07) is 0.473. The summed E-state index contributed by atoms with van der Waals surface area (Å²) in [4.78, 5) is 16.6. The molecule has 0 spiro atoms. The molecular weight excluding hydrogens is 252 g/mol. The van der Waals surface area contributed by atoms with Crippen LogP contribution in [0.25, 0.3) is 0 Å². The fourth-order valence-corrected chi connectivity index (χ4v) is 3.02. The van der Waals surface area contributed by atoms with Crippen LogP contribution in [0.3, 0.4) is 0 Å². The number of imidazole rings is 1. The van der Waals surface area contributed by atoms with Gasteiger partial charge in [0.2, 0.25) is 5.91 Å². The predicted molar refractivity (Wildman–Crippen MR) is 77.0 cm³/mol. The Bertz CT molecular complexity index is 490. The van der Waals surface area contributed by atoms with E-state index in [2.05, 4.69) is 21.8 Å². The Morgan fingerprint density at radius 3 is 2.80 bits per heavy atom. The topological polar surface area (TPSA) is 72.9 Å². The fourth-order valence-electron chi connectivity index (χ4n) is 3.02. The number of aryl methyl sites for hydroxylation is 1. The molecule has 2 aliphatic rings. The molecule has 20 heavy (non-hydrogen) atoms. The molecule has 3 N–H and O–H groups in total. The van der Waals surface area contributed by atoms with Crippen LogP contribution in [0.15, 0.2) is 12.4 Å². The summed E-state index contributed by atoms with van der Waals surface area (Å²) in [7, 11) is 0. The summed E-state index contributed by atoms with van der Waals surface area (Å²) in [5.74, 6) is 1.23. The smallest absolute Gasteiger partial charge is 0.239 e. The lowest BCUT2D eigenvalue weighted by Gasteiger charge is -2.33. The average Bonchev–Trinajstić information content (AvgIpc) is 3.31. The van der Waals surface area contributed by atoms with Crippen LogP contribution < -0.4 is 11.1 Å². The van der Waals surface area contributed by atoms with E-state index in [1.54, 1.807) is 0 Å². The first kappa shape index (κ1) is 13.6. The van der Waals surface area contributed by atoms with Crippen molar-refractivity contribution in [3.63, 3.8) is 0 Å². The van der Waals surface area contributed by atoms with E-state index in [1.807, 2.05) is 12.4 Å². The maximum absolute atomic E-state index is 12.2. The number of nitrogens with one attached hydrogen (secondary N) is 1. The largest absolute Gasteiger partial charge is 0.368 e. The van der Waals surface area contributed by atoms with Gasteiger partial charge in [0.25, 0.3) is 0 Å². The Labute approximate surface area is 119 Å². The van der Waals surface area contributed by atoms with Gasteiger partial charge >= 0.3 is 0 Å². The van der Waals surface area contributed by atoms with Crippen LogP contribution in [0, 0.1) is 5.92 Å². The van der Waals surface area contributed by atoms with Crippen molar-refractivity contribution in [1.29, 1.82) is 0 Å². The van der Waals surface area contributed by atoms with Crippen LogP contribution in [0.2, 0.25) is 0 Å². The highest BCUT2D eigenvalue weighted by Gasteiger charge is 2.52. The zero-order chi connectivity index (χ0) is 14.2. The number of hydrogen-bond acceptors (Lipinski definition) is 3. The minimum atomic E-state index is -0.579. The minimum Gasteiger partial charge on any atom is -0.368 e. The number of amides is 1. The molecule has 0 aliphatic heterocycles. The Hall–Kier alpha value is -1.36. The van der Waals surface area contributed by atoms with E-state index in [9.17, 15) is 4.79 Å². The monoisotopic (exact) mass is 276 g/mol.